The highest BCUT2D eigenvalue weighted by atomic mass is 17.3. The Balaban J connectivity index is 1.24. The van der Waals surface area contributed by atoms with Gasteiger partial charge in [0.05, 0.1) is 6.42 Å². The van der Waals surface area contributed by atoms with E-state index in [4.69, 9.17) is 29.1 Å². The lowest BCUT2D eigenvalue weighted by Crippen LogP contribution is -2.70. The van der Waals surface area contributed by atoms with Crippen molar-refractivity contribution in [3.63, 3.8) is 0 Å². The Hall–Kier alpha value is -2.28. The summed E-state index contributed by atoms with van der Waals surface area (Å²) in [5.74, 6) is -2.80. The lowest BCUT2D eigenvalue weighted by Gasteiger charge is -2.59. The van der Waals surface area contributed by atoms with Crippen LogP contribution >= 0.6 is 0 Å². The molecule has 1 spiro atoms. The molecule has 3 N–H and O–H groups in total. The van der Waals surface area contributed by atoms with E-state index in [0.29, 0.717) is 18.8 Å². The third-order valence-electron chi connectivity index (χ3n) is 8.55. The van der Waals surface area contributed by atoms with Gasteiger partial charge < -0.3 is 30.0 Å². The Morgan fingerprint density at radius 2 is 1.79 bits per heavy atom. The van der Waals surface area contributed by atoms with Crippen LogP contribution in [0.2, 0.25) is 0 Å². The summed E-state index contributed by atoms with van der Waals surface area (Å²) in [4.78, 5) is 59.1. The van der Waals surface area contributed by atoms with E-state index >= 15 is 0 Å². The van der Waals surface area contributed by atoms with Gasteiger partial charge in [-0.25, -0.2) is 9.78 Å². The average molecular weight is 541 g/mol. The van der Waals surface area contributed by atoms with Gasteiger partial charge in [-0.2, -0.15) is 0 Å². The lowest BCUT2D eigenvalue weighted by molar-refractivity contribution is -0.576. The summed E-state index contributed by atoms with van der Waals surface area (Å²) in [6.07, 6.45) is 2.22. The van der Waals surface area contributed by atoms with E-state index in [1.54, 1.807) is 0 Å². The van der Waals surface area contributed by atoms with Gasteiger partial charge in [0.25, 0.3) is 0 Å². The molecule has 38 heavy (non-hydrogen) atoms. The van der Waals surface area contributed by atoms with Crippen molar-refractivity contribution in [1.82, 2.24) is 10.6 Å². The van der Waals surface area contributed by atoms with Crippen molar-refractivity contribution in [2.75, 3.05) is 6.54 Å². The molecule has 0 aromatic heterocycles. The molecule has 0 radical (unpaired) electrons. The third kappa shape index (κ3) is 5.83. The van der Waals surface area contributed by atoms with Crippen LogP contribution in [0.25, 0.3) is 0 Å². The second-order valence-corrected chi connectivity index (χ2v) is 11.3. The Morgan fingerprint density at radius 3 is 2.53 bits per heavy atom. The van der Waals surface area contributed by atoms with E-state index in [2.05, 4.69) is 17.6 Å². The van der Waals surface area contributed by atoms with Gasteiger partial charge in [-0.1, -0.05) is 13.8 Å². The van der Waals surface area contributed by atoms with Crippen molar-refractivity contribution in [2.45, 2.75) is 109 Å². The molecular weight excluding hydrogens is 500 g/mol. The van der Waals surface area contributed by atoms with Crippen molar-refractivity contribution in [1.29, 1.82) is 0 Å². The molecule has 214 valence electrons. The molecule has 4 aliphatic heterocycles. The Morgan fingerprint density at radius 1 is 1.03 bits per heavy atom. The summed E-state index contributed by atoms with van der Waals surface area (Å²) in [6, 6.07) is -0.971. The van der Waals surface area contributed by atoms with Crippen LogP contribution in [0.15, 0.2) is 0 Å². The van der Waals surface area contributed by atoms with E-state index in [-0.39, 0.29) is 49.5 Å². The van der Waals surface area contributed by atoms with Gasteiger partial charge in [0, 0.05) is 37.6 Å². The predicted molar refractivity (Wildman–Crippen MR) is 130 cm³/mol. The second kappa shape index (κ2) is 11.4. The van der Waals surface area contributed by atoms with Crippen LogP contribution < -0.4 is 10.6 Å². The minimum absolute atomic E-state index is 0.0295. The number of hydrogen-bond donors (Lipinski definition) is 3. The minimum atomic E-state index is -1.12. The molecule has 5 aliphatic rings. The van der Waals surface area contributed by atoms with Crippen LogP contribution in [-0.2, 0) is 43.2 Å². The number of nitrogens with one attached hydrogen (secondary N) is 2. The van der Waals surface area contributed by atoms with Crippen LogP contribution in [0.3, 0.4) is 0 Å². The largest absolute Gasteiger partial charge is 0.480 e. The molecule has 4 heterocycles. The molecule has 4 saturated heterocycles. The standard InChI is InChI=1S/C26H40N2O10/c1-14-7-8-18-15(2)23(35-24-26(18)17(14)11-12-25(4,36-24)37-38-26)34-21(31)10-9-19(29)27-13-5-6-20(30)28-16(3)22(32)33/h14-18,23-24H,5-13H2,1-4H3,(H,27,29)(H,28,30)(H,32,33)/t14-,15+,16-,17+,18-,23+,24+,25-,26+/m1/s1. The number of carbonyl (C=O) groups excluding carboxylic acids is 3. The van der Waals surface area contributed by atoms with E-state index in [0.717, 1.165) is 19.3 Å². The summed E-state index contributed by atoms with van der Waals surface area (Å²) in [5, 5.41) is 13.8. The number of aliphatic carboxylic acids is 1. The first-order chi connectivity index (χ1) is 17.9. The molecular formula is C26H40N2O10. The first kappa shape index (κ1) is 28.7. The molecule has 2 amide bonds. The zero-order chi connectivity index (χ0) is 27.7. The van der Waals surface area contributed by atoms with Gasteiger partial charge in [0.15, 0.2) is 11.9 Å². The monoisotopic (exact) mass is 540 g/mol. The normalized spacial score (nSPS) is 38.3. The van der Waals surface area contributed by atoms with E-state index in [9.17, 15) is 19.2 Å². The zero-order valence-corrected chi connectivity index (χ0v) is 22.5. The zero-order valence-electron chi connectivity index (χ0n) is 22.5. The third-order valence-corrected chi connectivity index (χ3v) is 8.55. The Bertz CT molecular complexity index is 930. The summed E-state index contributed by atoms with van der Waals surface area (Å²) < 4.78 is 18.2. The predicted octanol–water partition coefficient (Wildman–Crippen LogP) is 2.00. The molecule has 1 aliphatic carbocycles. The van der Waals surface area contributed by atoms with Crippen molar-refractivity contribution < 1.29 is 48.3 Å². The summed E-state index contributed by atoms with van der Waals surface area (Å²) >= 11 is 0. The van der Waals surface area contributed by atoms with Crippen molar-refractivity contribution in [3.05, 3.63) is 0 Å². The van der Waals surface area contributed by atoms with E-state index in [1.807, 2.05) is 13.8 Å². The van der Waals surface area contributed by atoms with Crippen LogP contribution in [0.1, 0.15) is 79.1 Å². The first-order valence-corrected chi connectivity index (χ1v) is 13.6. The maximum atomic E-state index is 12.6. The van der Waals surface area contributed by atoms with Crippen LogP contribution in [0.4, 0.5) is 0 Å². The number of esters is 1. The van der Waals surface area contributed by atoms with Gasteiger partial charge in [-0.15, -0.1) is 0 Å². The van der Waals surface area contributed by atoms with Crippen LogP contribution in [0.5, 0.6) is 0 Å². The molecule has 0 unspecified atom stereocenters. The van der Waals surface area contributed by atoms with E-state index in [1.165, 1.54) is 6.92 Å². The number of carboxylic acid groups (broad SMARTS) is 1. The van der Waals surface area contributed by atoms with Crippen molar-refractivity contribution in [3.8, 4) is 0 Å². The lowest BCUT2D eigenvalue weighted by atomic mass is 9.58. The number of amides is 2. The first-order valence-electron chi connectivity index (χ1n) is 13.6. The molecule has 0 aromatic carbocycles. The van der Waals surface area contributed by atoms with Crippen molar-refractivity contribution >= 4 is 23.8 Å². The number of carbonyl (C=O) groups is 4. The van der Waals surface area contributed by atoms with Gasteiger partial charge in [-0.3, -0.25) is 19.2 Å². The van der Waals surface area contributed by atoms with Gasteiger partial charge in [0.2, 0.25) is 23.9 Å². The highest BCUT2D eigenvalue weighted by molar-refractivity contribution is 5.83. The number of carboxylic acids is 1. The van der Waals surface area contributed by atoms with Crippen LogP contribution in [0, 0.1) is 23.7 Å². The molecule has 9 atom stereocenters. The second-order valence-electron chi connectivity index (χ2n) is 11.3. The smallest absolute Gasteiger partial charge is 0.325 e. The van der Waals surface area contributed by atoms with Gasteiger partial charge in [-0.05, 0) is 51.4 Å². The summed E-state index contributed by atoms with van der Waals surface area (Å²) in [6.45, 7) is 7.66. The molecule has 12 nitrogen and oxygen atoms in total. The quantitative estimate of drug-likeness (QED) is 0.213. The SMILES string of the molecule is C[C@@H]1[C@@H](OC(=O)CCC(=O)NCCCC(=O)N[C@H](C)C(=O)O)O[C@H]2O[C@@]3(C)CC[C@H]4[C@H](C)CC[C@H]1[C@]24OO3. The molecule has 0 aromatic rings. The molecule has 5 fully saturated rings. The molecule has 12 heteroatoms. The van der Waals surface area contributed by atoms with Gasteiger partial charge in [0.1, 0.15) is 6.04 Å². The number of rotatable bonds is 10. The Labute approximate surface area is 222 Å². The molecule has 1 saturated carbocycles. The number of fused-ring (bicyclic) bond motifs is 2. The summed E-state index contributed by atoms with van der Waals surface area (Å²) in [7, 11) is 0. The maximum absolute atomic E-state index is 12.6. The maximum Gasteiger partial charge on any atom is 0.325 e. The van der Waals surface area contributed by atoms with Gasteiger partial charge >= 0.3 is 11.9 Å². The fourth-order valence-electron chi connectivity index (χ4n) is 6.35. The van der Waals surface area contributed by atoms with E-state index < -0.39 is 47.9 Å². The molecule has 5 rings (SSSR count). The minimum Gasteiger partial charge on any atom is -0.480 e. The fraction of sp³-hybridized carbons (Fsp3) is 0.846. The fourth-order valence-corrected chi connectivity index (χ4v) is 6.35. The highest BCUT2D eigenvalue weighted by Crippen LogP contribution is 2.60. The topological polar surface area (TPSA) is 159 Å². The average Bonchev–Trinajstić information content (AvgIpc) is 3.09. The molecule has 2 bridgehead atoms. The number of hydrogen-bond acceptors (Lipinski definition) is 9. The Kier molecular flexibility index (Phi) is 8.65. The van der Waals surface area contributed by atoms with Crippen molar-refractivity contribution in [2.24, 2.45) is 23.7 Å². The number of ether oxygens (including phenoxy) is 3. The van der Waals surface area contributed by atoms with Crippen LogP contribution in [-0.4, -0.2) is 65.4 Å². The highest BCUT2D eigenvalue weighted by Gasteiger charge is 2.69. The summed E-state index contributed by atoms with van der Waals surface area (Å²) in [5.41, 5.74) is -0.738.